The van der Waals surface area contributed by atoms with Crippen molar-refractivity contribution in [2.45, 2.75) is 44.1 Å². The van der Waals surface area contributed by atoms with Crippen LogP contribution in [0, 0.1) is 11.3 Å². The van der Waals surface area contributed by atoms with E-state index in [0.717, 1.165) is 38.5 Å². The van der Waals surface area contributed by atoms with Gasteiger partial charge in [-0.3, -0.25) is 9.78 Å². The van der Waals surface area contributed by atoms with E-state index in [1.165, 1.54) is 6.20 Å². The van der Waals surface area contributed by atoms with E-state index in [1.54, 1.807) is 18.3 Å². The Hall–Kier alpha value is -1.89. The van der Waals surface area contributed by atoms with Gasteiger partial charge in [-0.2, -0.15) is 5.26 Å². The van der Waals surface area contributed by atoms with Crippen molar-refractivity contribution in [2.75, 3.05) is 0 Å². The minimum absolute atomic E-state index is 0.202. The molecule has 1 saturated carbocycles. The summed E-state index contributed by atoms with van der Waals surface area (Å²) in [7, 11) is 0. The summed E-state index contributed by atoms with van der Waals surface area (Å²) >= 11 is 0. The van der Waals surface area contributed by atoms with Gasteiger partial charge in [0.1, 0.15) is 5.54 Å². The van der Waals surface area contributed by atoms with E-state index in [2.05, 4.69) is 16.4 Å². The molecule has 1 fully saturated rings. The number of nitrogens with one attached hydrogen (secondary N) is 1. The Kier molecular flexibility index (Phi) is 3.93. The van der Waals surface area contributed by atoms with Gasteiger partial charge in [0.05, 0.1) is 11.6 Å². The minimum Gasteiger partial charge on any atom is -0.334 e. The second-order valence-electron chi connectivity index (χ2n) is 4.80. The molecular weight excluding hydrogens is 226 g/mol. The third-order valence-electron chi connectivity index (χ3n) is 3.45. The minimum atomic E-state index is -0.691. The highest BCUT2D eigenvalue weighted by atomic mass is 16.1. The summed E-state index contributed by atoms with van der Waals surface area (Å²) in [6.45, 7) is 0. The molecule has 0 spiro atoms. The van der Waals surface area contributed by atoms with Gasteiger partial charge in [-0.25, -0.2) is 0 Å². The van der Waals surface area contributed by atoms with E-state index in [-0.39, 0.29) is 5.91 Å². The van der Waals surface area contributed by atoms with Crippen molar-refractivity contribution in [1.82, 2.24) is 10.3 Å². The van der Waals surface area contributed by atoms with Crippen LogP contribution in [0.5, 0.6) is 0 Å². The average molecular weight is 243 g/mol. The van der Waals surface area contributed by atoms with Gasteiger partial charge in [0.15, 0.2) is 0 Å². The van der Waals surface area contributed by atoms with Gasteiger partial charge < -0.3 is 5.32 Å². The monoisotopic (exact) mass is 243 g/mol. The molecule has 0 unspecified atom stereocenters. The summed E-state index contributed by atoms with van der Waals surface area (Å²) in [4.78, 5) is 16.0. The van der Waals surface area contributed by atoms with E-state index in [9.17, 15) is 10.1 Å². The van der Waals surface area contributed by atoms with E-state index < -0.39 is 5.54 Å². The number of pyridine rings is 1. The summed E-state index contributed by atoms with van der Waals surface area (Å²) in [6, 6.07) is 5.74. The van der Waals surface area contributed by atoms with Crippen LogP contribution in [0.3, 0.4) is 0 Å². The van der Waals surface area contributed by atoms with Crippen LogP contribution in [0.15, 0.2) is 24.5 Å². The molecular formula is C14H17N3O. The van der Waals surface area contributed by atoms with Crippen LogP contribution in [0.4, 0.5) is 0 Å². The Morgan fingerprint density at radius 3 is 2.61 bits per heavy atom. The molecule has 0 atom stereocenters. The van der Waals surface area contributed by atoms with Crippen molar-refractivity contribution in [3.63, 3.8) is 0 Å². The Labute approximate surface area is 107 Å². The highest BCUT2D eigenvalue weighted by Crippen LogP contribution is 2.26. The van der Waals surface area contributed by atoms with Crippen LogP contribution in [0.25, 0.3) is 0 Å². The maximum atomic E-state index is 12.1. The van der Waals surface area contributed by atoms with Crippen molar-refractivity contribution in [3.8, 4) is 6.07 Å². The molecule has 1 aromatic heterocycles. The van der Waals surface area contributed by atoms with Crippen LogP contribution >= 0.6 is 0 Å². The van der Waals surface area contributed by atoms with Crippen molar-refractivity contribution < 1.29 is 4.79 Å². The van der Waals surface area contributed by atoms with Crippen molar-refractivity contribution >= 4 is 5.91 Å². The molecule has 1 aliphatic carbocycles. The van der Waals surface area contributed by atoms with Gasteiger partial charge >= 0.3 is 0 Å². The Bertz CT molecular complexity index is 442. The Morgan fingerprint density at radius 1 is 1.33 bits per heavy atom. The summed E-state index contributed by atoms with van der Waals surface area (Å²) in [5.74, 6) is -0.202. The largest absolute Gasteiger partial charge is 0.334 e. The summed E-state index contributed by atoms with van der Waals surface area (Å²) in [5.41, 5.74) is -0.181. The van der Waals surface area contributed by atoms with E-state index in [4.69, 9.17) is 0 Å². The molecule has 94 valence electrons. The van der Waals surface area contributed by atoms with E-state index in [1.807, 2.05) is 0 Å². The van der Waals surface area contributed by atoms with Crippen molar-refractivity contribution in [1.29, 1.82) is 5.26 Å². The van der Waals surface area contributed by atoms with Gasteiger partial charge in [-0.1, -0.05) is 25.7 Å². The summed E-state index contributed by atoms with van der Waals surface area (Å²) < 4.78 is 0. The molecule has 0 radical (unpaired) electrons. The zero-order valence-corrected chi connectivity index (χ0v) is 10.4. The molecule has 18 heavy (non-hydrogen) atoms. The standard InChI is InChI=1S/C14H17N3O/c15-11-14(7-3-1-2-4-8-14)17-13(18)12-6-5-9-16-10-12/h5-6,9-10H,1-4,7-8H2,(H,17,18). The first kappa shape index (κ1) is 12.6. The molecule has 1 heterocycles. The predicted molar refractivity (Wildman–Crippen MR) is 67.7 cm³/mol. The fourth-order valence-corrected chi connectivity index (χ4v) is 2.38. The molecule has 1 aliphatic rings. The van der Waals surface area contributed by atoms with Crippen LogP contribution < -0.4 is 5.32 Å². The first-order chi connectivity index (χ1) is 8.76. The lowest BCUT2D eigenvalue weighted by molar-refractivity contribution is 0.0912. The second-order valence-corrected chi connectivity index (χ2v) is 4.80. The lowest BCUT2D eigenvalue weighted by atomic mass is 9.91. The second kappa shape index (κ2) is 5.63. The molecule has 2 rings (SSSR count). The first-order valence-electron chi connectivity index (χ1n) is 6.40. The SMILES string of the molecule is N#CC1(NC(=O)c2cccnc2)CCCCCC1. The normalized spacial score (nSPS) is 18.4. The lowest BCUT2D eigenvalue weighted by Gasteiger charge is -2.26. The highest BCUT2D eigenvalue weighted by Gasteiger charge is 2.32. The van der Waals surface area contributed by atoms with Gasteiger partial charge in [0.25, 0.3) is 5.91 Å². The Balaban J connectivity index is 2.11. The number of carbonyl (C=O) groups excluding carboxylic acids is 1. The number of aromatic nitrogens is 1. The first-order valence-corrected chi connectivity index (χ1v) is 6.40. The maximum Gasteiger partial charge on any atom is 0.254 e. The molecule has 0 aromatic carbocycles. The third kappa shape index (κ3) is 2.86. The lowest BCUT2D eigenvalue weighted by Crippen LogP contribution is -2.47. The zero-order chi connectivity index (χ0) is 12.8. The zero-order valence-electron chi connectivity index (χ0n) is 10.4. The van der Waals surface area contributed by atoms with Crippen molar-refractivity contribution in [2.24, 2.45) is 0 Å². The maximum absolute atomic E-state index is 12.1. The van der Waals surface area contributed by atoms with Gasteiger partial charge in [-0.15, -0.1) is 0 Å². The molecule has 1 N–H and O–H groups in total. The number of hydrogen-bond donors (Lipinski definition) is 1. The molecule has 0 saturated heterocycles. The molecule has 4 heteroatoms. The fourth-order valence-electron chi connectivity index (χ4n) is 2.38. The summed E-state index contributed by atoms with van der Waals surface area (Å²) in [5, 5.41) is 12.3. The molecule has 1 aromatic rings. The number of rotatable bonds is 2. The van der Waals surface area contributed by atoms with Crippen LogP contribution in [0.2, 0.25) is 0 Å². The van der Waals surface area contributed by atoms with Gasteiger partial charge in [0.2, 0.25) is 0 Å². The summed E-state index contributed by atoms with van der Waals surface area (Å²) in [6.07, 6.45) is 8.94. The molecule has 0 aliphatic heterocycles. The van der Waals surface area contributed by atoms with Crippen LogP contribution in [-0.2, 0) is 0 Å². The van der Waals surface area contributed by atoms with Crippen LogP contribution in [0.1, 0.15) is 48.9 Å². The highest BCUT2D eigenvalue weighted by molar-refractivity contribution is 5.94. The fraction of sp³-hybridized carbons (Fsp3) is 0.500. The number of nitriles is 1. The van der Waals surface area contributed by atoms with Crippen molar-refractivity contribution in [3.05, 3.63) is 30.1 Å². The van der Waals surface area contributed by atoms with E-state index >= 15 is 0 Å². The van der Waals surface area contributed by atoms with Gasteiger partial charge in [0, 0.05) is 12.4 Å². The number of nitrogens with zero attached hydrogens (tertiary/aromatic N) is 2. The van der Waals surface area contributed by atoms with Gasteiger partial charge in [-0.05, 0) is 25.0 Å². The number of carbonyl (C=O) groups is 1. The molecule has 0 bridgehead atoms. The van der Waals surface area contributed by atoms with Crippen LogP contribution in [-0.4, -0.2) is 16.4 Å². The average Bonchev–Trinajstić information content (AvgIpc) is 2.66. The smallest absolute Gasteiger partial charge is 0.254 e. The third-order valence-corrected chi connectivity index (χ3v) is 3.45. The Morgan fingerprint density at radius 2 is 2.06 bits per heavy atom. The molecule has 1 amide bonds. The van der Waals surface area contributed by atoms with E-state index in [0.29, 0.717) is 5.56 Å². The quantitative estimate of drug-likeness (QED) is 0.811. The topological polar surface area (TPSA) is 65.8 Å². The predicted octanol–water partition coefficient (Wildman–Crippen LogP) is 2.43. The molecule has 4 nitrogen and oxygen atoms in total. The number of amides is 1. The number of hydrogen-bond acceptors (Lipinski definition) is 3.